The Morgan fingerprint density at radius 3 is 2.48 bits per heavy atom. The van der Waals surface area contributed by atoms with Crippen LogP contribution in [0, 0.1) is 0 Å². The molecule has 0 radical (unpaired) electrons. The lowest BCUT2D eigenvalue weighted by atomic mass is 9.95. The van der Waals surface area contributed by atoms with Crippen LogP contribution < -0.4 is 25.0 Å². The summed E-state index contributed by atoms with van der Waals surface area (Å²) in [5, 5.41) is 3.05. The van der Waals surface area contributed by atoms with E-state index in [-0.39, 0.29) is 17.4 Å². The molecule has 1 aliphatic carbocycles. The number of ether oxygens (including phenoxy) is 3. The highest BCUT2D eigenvalue weighted by atomic mass is 32.2. The van der Waals surface area contributed by atoms with Crippen molar-refractivity contribution >= 4 is 17.7 Å². The van der Waals surface area contributed by atoms with E-state index < -0.39 is 0 Å². The number of rotatable bonds is 6. The average molecular weight is 442 g/mol. The van der Waals surface area contributed by atoms with Gasteiger partial charge in [-0.1, -0.05) is 12.1 Å². The van der Waals surface area contributed by atoms with Gasteiger partial charge in [-0.25, -0.2) is 0 Å². The van der Waals surface area contributed by atoms with Crippen molar-refractivity contribution in [3.8, 4) is 28.4 Å². The van der Waals surface area contributed by atoms with Crippen molar-refractivity contribution in [1.82, 2.24) is 5.32 Å². The quantitative estimate of drug-likeness (QED) is 0.537. The fourth-order valence-electron chi connectivity index (χ4n) is 3.99. The predicted molar refractivity (Wildman–Crippen MR) is 124 cm³/mol. The molecule has 0 saturated heterocycles. The number of carbonyl (C=O) groups is 1. The maximum atomic E-state index is 12.9. The second-order valence-corrected chi connectivity index (χ2v) is 7.91. The predicted octanol–water partition coefficient (Wildman–Crippen LogP) is 4.14. The van der Waals surface area contributed by atoms with Crippen LogP contribution in [-0.2, 0) is 11.2 Å². The lowest BCUT2D eigenvalue weighted by Gasteiger charge is -2.19. The van der Waals surface area contributed by atoms with Crippen LogP contribution >= 0.6 is 11.8 Å². The van der Waals surface area contributed by atoms with Gasteiger partial charge in [0, 0.05) is 5.56 Å². The molecule has 6 nitrogen and oxygen atoms in total. The fourth-order valence-corrected chi connectivity index (χ4v) is 4.45. The third-order valence-corrected chi connectivity index (χ3v) is 6.13. The fraction of sp³-hybridized carbons (Fsp3) is 0.333. The Hall–Kier alpha value is -2.93. The first-order valence-corrected chi connectivity index (χ1v) is 11.2. The third kappa shape index (κ3) is 4.42. The minimum atomic E-state index is -0.331. The van der Waals surface area contributed by atoms with Crippen molar-refractivity contribution < 1.29 is 19.0 Å². The van der Waals surface area contributed by atoms with Crippen LogP contribution in [0.4, 0.5) is 0 Å². The molecule has 0 heterocycles. The van der Waals surface area contributed by atoms with Crippen LogP contribution in [0.15, 0.2) is 46.1 Å². The topological polar surface area (TPSA) is 73.9 Å². The van der Waals surface area contributed by atoms with Crippen LogP contribution in [0.5, 0.6) is 17.2 Å². The molecule has 1 atom stereocenters. The van der Waals surface area contributed by atoms with E-state index in [9.17, 15) is 9.59 Å². The SMILES string of the molecule is C/C=C/C(=O)N[C@H]1CCc2cc(OC)c(OC)c(OC)c2-c2ccc(SC)c(=O)cc21. The summed E-state index contributed by atoms with van der Waals surface area (Å²) >= 11 is 1.39. The Labute approximate surface area is 186 Å². The standard InChI is InChI=1S/C24H27NO5S/c1-6-7-21(27)25-17-10-8-14-12-19(28-2)23(29-3)24(30-4)22(14)15-9-11-20(31-5)18(26)13-16(15)17/h6-7,9,11-13,17H,8,10H2,1-5H3,(H,25,27)/b7-6+/t17-/m0/s1. The van der Waals surface area contributed by atoms with Crippen molar-refractivity contribution in [2.75, 3.05) is 27.6 Å². The summed E-state index contributed by atoms with van der Waals surface area (Å²) in [5.41, 5.74) is 3.35. The van der Waals surface area contributed by atoms with Gasteiger partial charge in [0.1, 0.15) is 0 Å². The molecule has 31 heavy (non-hydrogen) atoms. The highest BCUT2D eigenvalue weighted by molar-refractivity contribution is 7.98. The molecule has 2 aromatic carbocycles. The molecule has 0 bridgehead atoms. The molecule has 0 saturated carbocycles. The summed E-state index contributed by atoms with van der Waals surface area (Å²) in [4.78, 5) is 25.9. The molecule has 7 heteroatoms. The number of thioether (sulfide) groups is 1. The lowest BCUT2D eigenvalue weighted by Crippen LogP contribution is -2.27. The highest BCUT2D eigenvalue weighted by Crippen LogP contribution is 2.50. The highest BCUT2D eigenvalue weighted by Gasteiger charge is 2.29. The Morgan fingerprint density at radius 2 is 1.87 bits per heavy atom. The normalized spacial score (nSPS) is 14.9. The zero-order valence-electron chi connectivity index (χ0n) is 18.4. The second kappa shape index (κ2) is 9.92. The molecule has 1 aliphatic rings. The van der Waals surface area contributed by atoms with Gasteiger partial charge in [0.05, 0.1) is 32.3 Å². The van der Waals surface area contributed by atoms with E-state index in [1.54, 1.807) is 40.4 Å². The number of allylic oxidation sites excluding steroid dienone is 1. The van der Waals surface area contributed by atoms with E-state index in [2.05, 4.69) is 5.32 Å². The van der Waals surface area contributed by atoms with Gasteiger partial charge in [-0.3, -0.25) is 9.59 Å². The van der Waals surface area contributed by atoms with Gasteiger partial charge >= 0.3 is 0 Å². The number of carbonyl (C=O) groups excluding carboxylic acids is 1. The zero-order valence-corrected chi connectivity index (χ0v) is 19.2. The maximum absolute atomic E-state index is 12.9. The minimum absolute atomic E-state index is 0.0815. The molecule has 1 N–H and O–H groups in total. The number of hydrogen-bond donors (Lipinski definition) is 1. The molecule has 0 aromatic heterocycles. The van der Waals surface area contributed by atoms with Crippen molar-refractivity contribution in [3.05, 3.63) is 57.8 Å². The number of fused-ring (bicyclic) bond motifs is 3. The van der Waals surface area contributed by atoms with Gasteiger partial charge in [-0.15, -0.1) is 11.8 Å². The van der Waals surface area contributed by atoms with Gasteiger partial charge < -0.3 is 19.5 Å². The van der Waals surface area contributed by atoms with Gasteiger partial charge in [-0.2, -0.15) is 0 Å². The van der Waals surface area contributed by atoms with Crippen molar-refractivity contribution in [2.45, 2.75) is 30.7 Å². The molecule has 0 spiro atoms. The summed E-state index contributed by atoms with van der Waals surface area (Å²) in [7, 11) is 4.74. The van der Waals surface area contributed by atoms with Crippen LogP contribution in [0.2, 0.25) is 0 Å². The van der Waals surface area contributed by atoms with E-state index in [4.69, 9.17) is 14.2 Å². The Bertz CT molecular complexity index is 1080. The van der Waals surface area contributed by atoms with E-state index in [0.29, 0.717) is 35.0 Å². The number of benzene rings is 1. The Morgan fingerprint density at radius 1 is 1.13 bits per heavy atom. The molecule has 2 aromatic rings. The zero-order chi connectivity index (χ0) is 22.5. The first kappa shape index (κ1) is 22.7. The summed E-state index contributed by atoms with van der Waals surface area (Å²) in [6, 6.07) is 6.99. The maximum Gasteiger partial charge on any atom is 0.244 e. The van der Waals surface area contributed by atoms with E-state index in [1.165, 1.54) is 17.8 Å². The Balaban J connectivity index is 2.36. The van der Waals surface area contributed by atoms with Crippen molar-refractivity contribution in [2.24, 2.45) is 0 Å². The molecule has 0 fully saturated rings. The van der Waals surface area contributed by atoms with E-state index >= 15 is 0 Å². The van der Waals surface area contributed by atoms with Crippen LogP contribution in [0.1, 0.15) is 30.5 Å². The average Bonchev–Trinajstić information content (AvgIpc) is 3.01. The van der Waals surface area contributed by atoms with Crippen LogP contribution in [0.25, 0.3) is 11.1 Å². The summed E-state index contributed by atoms with van der Waals surface area (Å²) < 4.78 is 16.9. The molecule has 3 rings (SSSR count). The van der Waals surface area contributed by atoms with Crippen LogP contribution in [0.3, 0.4) is 0 Å². The Kier molecular flexibility index (Phi) is 7.28. The number of aryl methyl sites for hydroxylation is 1. The second-order valence-electron chi connectivity index (χ2n) is 7.06. The summed E-state index contributed by atoms with van der Waals surface area (Å²) in [6.45, 7) is 1.79. The first-order chi connectivity index (χ1) is 15.0. The summed E-state index contributed by atoms with van der Waals surface area (Å²) in [5.74, 6) is 1.41. The van der Waals surface area contributed by atoms with E-state index in [1.807, 2.05) is 24.5 Å². The van der Waals surface area contributed by atoms with Crippen molar-refractivity contribution in [3.63, 3.8) is 0 Å². The molecule has 1 amide bonds. The summed E-state index contributed by atoms with van der Waals surface area (Å²) in [6.07, 6.45) is 6.33. The number of nitrogens with one attached hydrogen (secondary N) is 1. The molecule has 0 aliphatic heterocycles. The smallest absolute Gasteiger partial charge is 0.244 e. The number of methoxy groups -OCH3 is 3. The van der Waals surface area contributed by atoms with Crippen LogP contribution in [-0.4, -0.2) is 33.5 Å². The molecular weight excluding hydrogens is 414 g/mol. The molecule has 164 valence electrons. The molecular formula is C24H27NO5S. The van der Waals surface area contributed by atoms with Gasteiger partial charge in [0.15, 0.2) is 16.9 Å². The number of hydrogen-bond acceptors (Lipinski definition) is 6. The lowest BCUT2D eigenvalue weighted by molar-refractivity contribution is -0.117. The van der Waals surface area contributed by atoms with Gasteiger partial charge in [-0.05, 0) is 67.0 Å². The number of amides is 1. The molecule has 0 unspecified atom stereocenters. The van der Waals surface area contributed by atoms with Crippen molar-refractivity contribution in [1.29, 1.82) is 0 Å². The first-order valence-electron chi connectivity index (χ1n) is 9.96. The van der Waals surface area contributed by atoms with Gasteiger partial charge in [0.25, 0.3) is 0 Å². The largest absolute Gasteiger partial charge is 0.493 e. The monoisotopic (exact) mass is 441 g/mol. The van der Waals surface area contributed by atoms with Gasteiger partial charge in [0.2, 0.25) is 11.7 Å². The third-order valence-electron chi connectivity index (χ3n) is 5.36. The minimum Gasteiger partial charge on any atom is -0.493 e. The van der Waals surface area contributed by atoms with E-state index in [0.717, 1.165) is 22.3 Å².